The Morgan fingerprint density at radius 3 is 2.52 bits per heavy atom. The lowest BCUT2D eigenvalue weighted by atomic mass is 10.2. The first-order valence-corrected chi connectivity index (χ1v) is 10.9. The first-order valence-electron chi connectivity index (χ1n) is 10.9. The lowest BCUT2D eigenvalue weighted by molar-refractivity contribution is 0.154. The van der Waals surface area contributed by atoms with Crippen molar-refractivity contribution in [3.63, 3.8) is 0 Å². The van der Waals surface area contributed by atoms with E-state index in [2.05, 4.69) is 32.1 Å². The van der Waals surface area contributed by atoms with Gasteiger partial charge in [-0.05, 0) is 44.3 Å². The van der Waals surface area contributed by atoms with Gasteiger partial charge in [-0.2, -0.15) is 0 Å². The highest BCUT2D eigenvalue weighted by molar-refractivity contribution is 5.92. The molecule has 0 atom stereocenters. The third-order valence-corrected chi connectivity index (χ3v) is 6.01. The van der Waals surface area contributed by atoms with Crippen LogP contribution in [0.5, 0.6) is 0 Å². The van der Waals surface area contributed by atoms with Crippen molar-refractivity contribution in [3.05, 3.63) is 54.3 Å². The molecule has 1 fully saturated rings. The fourth-order valence-electron chi connectivity index (χ4n) is 4.17. The van der Waals surface area contributed by atoms with Gasteiger partial charge in [-0.15, -0.1) is 0 Å². The van der Waals surface area contributed by atoms with Crippen LogP contribution in [-0.4, -0.2) is 71.1 Å². The summed E-state index contributed by atoms with van der Waals surface area (Å²) in [5.74, 6) is 0.804. The molecule has 0 unspecified atom stereocenters. The summed E-state index contributed by atoms with van der Waals surface area (Å²) in [6.45, 7) is 6.37. The number of nitrogens with one attached hydrogen (secondary N) is 2. The summed E-state index contributed by atoms with van der Waals surface area (Å²) >= 11 is 0. The van der Waals surface area contributed by atoms with Gasteiger partial charge < -0.3 is 20.1 Å². The average molecular weight is 419 g/mol. The summed E-state index contributed by atoms with van der Waals surface area (Å²) in [5.41, 5.74) is 1.87. The van der Waals surface area contributed by atoms with E-state index in [-0.39, 0.29) is 5.82 Å². The SMILES string of the molecule is CN1CCN(CCCNc2nc(-c3[nH]c4ccccc4c3F)nc3ccccc23)CC1. The van der Waals surface area contributed by atoms with Crippen LogP contribution in [0, 0.1) is 5.82 Å². The summed E-state index contributed by atoms with van der Waals surface area (Å²) in [6, 6.07) is 15.2. The Kier molecular flexibility index (Phi) is 5.53. The standard InChI is InChI=1S/C24H27FN6/c1-30-13-15-31(16-14-30)12-6-11-26-23-18-8-3-5-10-20(18)28-24(29-23)22-21(25)17-7-2-4-9-19(17)27-22/h2-5,7-10,27H,6,11-16H2,1H3,(H,26,28,29). The summed E-state index contributed by atoms with van der Waals surface area (Å²) < 4.78 is 15.0. The van der Waals surface area contributed by atoms with Gasteiger partial charge in [0.15, 0.2) is 11.6 Å². The molecule has 4 aromatic rings. The molecule has 5 rings (SSSR count). The van der Waals surface area contributed by atoms with Crippen molar-refractivity contribution in [1.29, 1.82) is 0 Å². The Hall–Kier alpha value is -3.03. The van der Waals surface area contributed by atoms with Crippen molar-refractivity contribution < 1.29 is 4.39 Å². The van der Waals surface area contributed by atoms with E-state index in [1.807, 2.05) is 42.5 Å². The number of hydrogen-bond donors (Lipinski definition) is 2. The van der Waals surface area contributed by atoms with Crippen LogP contribution in [0.25, 0.3) is 33.3 Å². The highest BCUT2D eigenvalue weighted by Crippen LogP contribution is 2.29. The van der Waals surface area contributed by atoms with Crippen molar-refractivity contribution in [2.45, 2.75) is 6.42 Å². The van der Waals surface area contributed by atoms with E-state index in [0.29, 0.717) is 16.9 Å². The van der Waals surface area contributed by atoms with E-state index >= 15 is 4.39 Å². The molecule has 7 heteroatoms. The third-order valence-electron chi connectivity index (χ3n) is 6.01. The van der Waals surface area contributed by atoms with Gasteiger partial charge in [0.25, 0.3) is 0 Å². The summed E-state index contributed by atoms with van der Waals surface area (Å²) in [5, 5.41) is 4.97. The predicted molar refractivity (Wildman–Crippen MR) is 124 cm³/mol. The van der Waals surface area contributed by atoms with Gasteiger partial charge >= 0.3 is 0 Å². The highest BCUT2D eigenvalue weighted by Gasteiger charge is 2.17. The number of hydrogen-bond acceptors (Lipinski definition) is 5. The molecule has 0 saturated carbocycles. The van der Waals surface area contributed by atoms with E-state index < -0.39 is 0 Å². The first-order chi connectivity index (χ1) is 15.2. The van der Waals surface area contributed by atoms with Crippen LogP contribution in [0.2, 0.25) is 0 Å². The van der Waals surface area contributed by atoms with Gasteiger partial charge in [0.05, 0.1) is 5.52 Å². The molecule has 0 spiro atoms. The minimum Gasteiger partial charge on any atom is -0.369 e. The molecule has 160 valence electrons. The van der Waals surface area contributed by atoms with Crippen LogP contribution in [0.15, 0.2) is 48.5 Å². The number of aromatic amines is 1. The highest BCUT2D eigenvalue weighted by atomic mass is 19.1. The van der Waals surface area contributed by atoms with Gasteiger partial charge in [0.2, 0.25) is 0 Å². The van der Waals surface area contributed by atoms with E-state index in [9.17, 15) is 0 Å². The van der Waals surface area contributed by atoms with Crippen LogP contribution >= 0.6 is 0 Å². The number of H-pyrrole nitrogens is 1. The van der Waals surface area contributed by atoms with Crippen molar-refractivity contribution in [3.8, 4) is 11.5 Å². The fraction of sp³-hybridized carbons (Fsp3) is 0.333. The third kappa shape index (κ3) is 4.11. The number of benzene rings is 2. The molecule has 0 bridgehead atoms. The minimum atomic E-state index is -0.313. The molecule has 2 N–H and O–H groups in total. The molecule has 1 saturated heterocycles. The number of piperazine rings is 1. The number of halogens is 1. The number of nitrogens with zero attached hydrogens (tertiary/aromatic N) is 4. The second-order valence-corrected chi connectivity index (χ2v) is 8.20. The monoisotopic (exact) mass is 418 g/mol. The predicted octanol–water partition coefficient (Wildman–Crippen LogP) is 3.97. The zero-order chi connectivity index (χ0) is 21.2. The maximum absolute atomic E-state index is 15.0. The van der Waals surface area contributed by atoms with Gasteiger partial charge in [-0.25, -0.2) is 14.4 Å². The van der Waals surface area contributed by atoms with E-state index in [0.717, 1.165) is 67.9 Å². The molecule has 1 aliphatic rings. The van der Waals surface area contributed by atoms with Crippen LogP contribution in [0.3, 0.4) is 0 Å². The molecule has 2 aromatic carbocycles. The Bertz CT molecular complexity index is 1200. The quantitative estimate of drug-likeness (QED) is 0.464. The minimum absolute atomic E-state index is 0.313. The van der Waals surface area contributed by atoms with Crippen molar-refractivity contribution in [2.75, 3.05) is 51.6 Å². The fourth-order valence-corrected chi connectivity index (χ4v) is 4.17. The van der Waals surface area contributed by atoms with Gasteiger partial charge in [0.1, 0.15) is 11.5 Å². The lowest BCUT2D eigenvalue weighted by Crippen LogP contribution is -2.44. The van der Waals surface area contributed by atoms with Crippen LogP contribution in [-0.2, 0) is 0 Å². The summed E-state index contributed by atoms with van der Waals surface area (Å²) in [7, 11) is 2.17. The Morgan fingerprint density at radius 2 is 1.71 bits per heavy atom. The van der Waals surface area contributed by atoms with Gasteiger partial charge in [0, 0.05) is 49.0 Å². The van der Waals surface area contributed by atoms with Crippen LogP contribution in [0.1, 0.15) is 6.42 Å². The maximum Gasteiger partial charge on any atom is 0.181 e. The molecule has 3 heterocycles. The molecule has 0 radical (unpaired) electrons. The molecule has 0 aliphatic carbocycles. The Labute approximate surface area is 181 Å². The zero-order valence-corrected chi connectivity index (χ0v) is 17.7. The van der Waals surface area contributed by atoms with E-state index in [4.69, 9.17) is 4.98 Å². The number of anilines is 1. The smallest absolute Gasteiger partial charge is 0.181 e. The van der Waals surface area contributed by atoms with E-state index in [1.165, 1.54) is 0 Å². The Morgan fingerprint density at radius 1 is 0.968 bits per heavy atom. The van der Waals surface area contributed by atoms with Crippen LogP contribution in [0.4, 0.5) is 10.2 Å². The Balaban J connectivity index is 1.38. The summed E-state index contributed by atoms with van der Waals surface area (Å²) in [4.78, 5) is 17.4. The molecule has 0 amide bonds. The molecule has 6 nitrogen and oxygen atoms in total. The van der Waals surface area contributed by atoms with Crippen LogP contribution < -0.4 is 5.32 Å². The van der Waals surface area contributed by atoms with Gasteiger partial charge in [-0.3, -0.25) is 0 Å². The second kappa shape index (κ2) is 8.61. The number of para-hydroxylation sites is 2. The molecule has 1 aliphatic heterocycles. The van der Waals surface area contributed by atoms with E-state index in [1.54, 1.807) is 6.07 Å². The average Bonchev–Trinajstić information content (AvgIpc) is 3.14. The van der Waals surface area contributed by atoms with Gasteiger partial charge in [-0.1, -0.05) is 24.3 Å². The lowest BCUT2D eigenvalue weighted by Gasteiger charge is -2.32. The van der Waals surface area contributed by atoms with Crippen molar-refractivity contribution in [2.24, 2.45) is 0 Å². The number of rotatable bonds is 6. The largest absolute Gasteiger partial charge is 0.369 e. The molecule has 2 aromatic heterocycles. The molecule has 31 heavy (non-hydrogen) atoms. The number of fused-ring (bicyclic) bond motifs is 2. The molecular formula is C24H27FN6. The zero-order valence-electron chi connectivity index (χ0n) is 17.7. The number of aromatic nitrogens is 3. The second-order valence-electron chi connectivity index (χ2n) is 8.20. The topological polar surface area (TPSA) is 60.1 Å². The van der Waals surface area contributed by atoms with Crippen molar-refractivity contribution >= 4 is 27.6 Å². The normalized spacial score (nSPS) is 15.7. The maximum atomic E-state index is 15.0. The van der Waals surface area contributed by atoms with Crippen molar-refractivity contribution in [1.82, 2.24) is 24.8 Å². The first kappa shape index (κ1) is 19.9. The summed E-state index contributed by atoms with van der Waals surface area (Å²) in [6.07, 6.45) is 1.03. The number of likely N-dealkylation sites (N-methyl/N-ethyl adjacent to an activating group) is 1. The molecular weight excluding hydrogens is 391 g/mol.